The molecule has 1 N–H and O–H groups in total. The zero-order valence-corrected chi connectivity index (χ0v) is 12.6. The Hall–Kier alpha value is -2.36. The van der Waals surface area contributed by atoms with E-state index in [9.17, 15) is 14.3 Å². The van der Waals surface area contributed by atoms with Gasteiger partial charge in [-0.2, -0.15) is 0 Å². The normalized spacial score (nSPS) is 12.2. The van der Waals surface area contributed by atoms with Gasteiger partial charge in [0.25, 0.3) is 0 Å². The Bertz CT molecular complexity index is 652. The molecule has 0 bridgehead atoms. The first-order chi connectivity index (χ1) is 10.5. The Balaban J connectivity index is 2.24. The van der Waals surface area contributed by atoms with E-state index < -0.39 is 17.9 Å². The number of ether oxygens (including phenoxy) is 1. The average molecular weight is 302 g/mol. The van der Waals surface area contributed by atoms with Gasteiger partial charge >= 0.3 is 5.97 Å². The molecule has 0 aliphatic rings. The van der Waals surface area contributed by atoms with Gasteiger partial charge in [-0.1, -0.05) is 50.2 Å². The van der Waals surface area contributed by atoms with Crippen molar-refractivity contribution in [2.75, 3.05) is 0 Å². The van der Waals surface area contributed by atoms with Gasteiger partial charge in [0.05, 0.1) is 0 Å². The molecule has 22 heavy (non-hydrogen) atoms. The number of benzene rings is 2. The number of para-hydroxylation sites is 1. The van der Waals surface area contributed by atoms with E-state index in [2.05, 4.69) is 0 Å². The van der Waals surface area contributed by atoms with E-state index in [0.29, 0.717) is 11.3 Å². The third kappa shape index (κ3) is 3.85. The molecule has 3 nitrogen and oxygen atoms in total. The minimum absolute atomic E-state index is 0.0194. The summed E-state index contributed by atoms with van der Waals surface area (Å²) in [4.78, 5) is 11.5. The third-order valence-corrected chi connectivity index (χ3v) is 3.45. The maximum Gasteiger partial charge on any atom is 0.345 e. The molecule has 4 heteroatoms. The van der Waals surface area contributed by atoms with Crippen LogP contribution in [0.3, 0.4) is 0 Å². The number of hydrogen-bond acceptors (Lipinski definition) is 2. The Morgan fingerprint density at radius 3 is 2.41 bits per heavy atom. The van der Waals surface area contributed by atoms with Gasteiger partial charge in [0.2, 0.25) is 0 Å². The van der Waals surface area contributed by atoms with E-state index in [-0.39, 0.29) is 12.3 Å². The van der Waals surface area contributed by atoms with Crippen LogP contribution in [0.2, 0.25) is 0 Å². The van der Waals surface area contributed by atoms with Crippen LogP contribution < -0.4 is 4.74 Å². The molecule has 0 aliphatic heterocycles. The molecule has 0 radical (unpaired) electrons. The first-order valence-corrected chi connectivity index (χ1v) is 7.21. The fraction of sp³-hybridized carbons (Fsp3) is 0.278. The third-order valence-electron chi connectivity index (χ3n) is 3.45. The summed E-state index contributed by atoms with van der Waals surface area (Å²) in [6.07, 6.45) is -1.15. The fourth-order valence-electron chi connectivity index (χ4n) is 2.26. The predicted molar refractivity (Wildman–Crippen MR) is 82.7 cm³/mol. The molecule has 0 spiro atoms. The molecule has 1 unspecified atom stereocenters. The lowest BCUT2D eigenvalue weighted by Crippen LogP contribution is -2.30. The maximum absolute atomic E-state index is 13.7. The lowest BCUT2D eigenvalue weighted by molar-refractivity contribution is -0.145. The molecule has 2 rings (SSSR count). The summed E-state index contributed by atoms with van der Waals surface area (Å²) < 4.78 is 19.4. The van der Waals surface area contributed by atoms with Crippen molar-refractivity contribution in [1.82, 2.24) is 0 Å². The second-order valence-corrected chi connectivity index (χ2v) is 5.43. The molecule has 2 aromatic rings. The number of carboxylic acids is 1. The summed E-state index contributed by atoms with van der Waals surface area (Å²) in [5.74, 6) is -0.795. The zero-order valence-electron chi connectivity index (χ0n) is 12.6. The van der Waals surface area contributed by atoms with Gasteiger partial charge in [0.15, 0.2) is 6.10 Å². The van der Waals surface area contributed by atoms with E-state index >= 15 is 0 Å². The largest absolute Gasteiger partial charge is 0.478 e. The van der Waals surface area contributed by atoms with Crippen molar-refractivity contribution >= 4 is 5.97 Å². The molecule has 2 aromatic carbocycles. The topological polar surface area (TPSA) is 46.5 Å². The van der Waals surface area contributed by atoms with Crippen LogP contribution in [0.4, 0.5) is 4.39 Å². The van der Waals surface area contributed by atoms with Crippen molar-refractivity contribution < 1.29 is 19.0 Å². The molecule has 1 atom stereocenters. The molecule has 0 aromatic heterocycles. The van der Waals surface area contributed by atoms with Crippen molar-refractivity contribution in [3.05, 3.63) is 65.5 Å². The maximum atomic E-state index is 13.7. The van der Waals surface area contributed by atoms with Crippen LogP contribution >= 0.6 is 0 Å². The van der Waals surface area contributed by atoms with Crippen molar-refractivity contribution in [1.29, 1.82) is 0 Å². The average Bonchev–Trinajstić information content (AvgIpc) is 2.49. The van der Waals surface area contributed by atoms with Gasteiger partial charge in [-0.25, -0.2) is 9.18 Å². The fourth-order valence-corrected chi connectivity index (χ4v) is 2.26. The quantitative estimate of drug-likeness (QED) is 0.876. The summed E-state index contributed by atoms with van der Waals surface area (Å²) >= 11 is 0. The van der Waals surface area contributed by atoms with E-state index in [1.807, 2.05) is 26.0 Å². The smallest absolute Gasteiger partial charge is 0.345 e. The number of rotatable bonds is 6. The lowest BCUT2D eigenvalue weighted by atomic mass is 10.0. The van der Waals surface area contributed by atoms with Crippen LogP contribution in [-0.2, 0) is 11.2 Å². The second kappa shape index (κ2) is 7.07. The summed E-state index contributed by atoms with van der Waals surface area (Å²) in [5, 5.41) is 9.37. The van der Waals surface area contributed by atoms with Gasteiger partial charge in [0, 0.05) is 6.42 Å². The van der Waals surface area contributed by atoms with Gasteiger partial charge in [-0.3, -0.25) is 0 Å². The van der Waals surface area contributed by atoms with E-state index in [0.717, 1.165) is 5.56 Å². The summed E-state index contributed by atoms with van der Waals surface area (Å²) in [6, 6.07) is 13.5. The van der Waals surface area contributed by atoms with Gasteiger partial charge < -0.3 is 9.84 Å². The first kappa shape index (κ1) is 16.0. The summed E-state index contributed by atoms with van der Waals surface area (Å²) in [5.41, 5.74) is 1.26. The molecule has 116 valence electrons. The monoisotopic (exact) mass is 302 g/mol. The number of halogens is 1. The van der Waals surface area contributed by atoms with Gasteiger partial charge in [-0.05, 0) is 29.2 Å². The highest BCUT2D eigenvalue weighted by atomic mass is 19.1. The molecular formula is C18H19FO3. The van der Waals surface area contributed by atoms with E-state index in [4.69, 9.17) is 4.74 Å². The number of carbonyl (C=O) groups is 1. The van der Waals surface area contributed by atoms with E-state index in [1.165, 1.54) is 6.07 Å². The highest BCUT2D eigenvalue weighted by Crippen LogP contribution is 2.27. The molecule has 0 heterocycles. The van der Waals surface area contributed by atoms with Crippen LogP contribution in [0.5, 0.6) is 5.75 Å². The van der Waals surface area contributed by atoms with Gasteiger partial charge in [-0.15, -0.1) is 0 Å². The van der Waals surface area contributed by atoms with Crippen LogP contribution in [0.1, 0.15) is 30.9 Å². The van der Waals surface area contributed by atoms with Crippen molar-refractivity contribution in [2.24, 2.45) is 0 Å². The standard InChI is InChI=1S/C18H19FO3/c1-12(2)14-8-4-6-10-16(14)22-17(18(20)21)11-13-7-3-5-9-15(13)19/h3-10,12,17H,11H2,1-2H3,(H,20,21). The molecular weight excluding hydrogens is 283 g/mol. The number of carboxylic acid groups (broad SMARTS) is 1. The molecule has 0 fully saturated rings. The SMILES string of the molecule is CC(C)c1ccccc1OC(Cc1ccccc1F)C(=O)O. The predicted octanol–water partition coefficient (Wildman–Crippen LogP) is 4.02. The van der Waals surface area contributed by atoms with E-state index in [1.54, 1.807) is 30.3 Å². The van der Waals surface area contributed by atoms with Crippen molar-refractivity contribution in [3.8, 4) is 5.75 Å². The Morgan fingerprint density at radius 1 is 1.14 bits per heavy atom. The summed E-state index contributed by atoms with van der Waals surface area (Å²) in [6.45, 7) is 4.02. The molecule has 0 saturated carbocycles. The minimum atomic E-state index is -1.13. The number of aliphatic carboxylic acids is 1. The molecule has 0 saturated heterocycles. The Kier molecular flexibility index (Phi) is 5.15. The van der Waals surface area contributed by atoms with Crippen LogP contribution in [-0.4, -0.2) is 17.2 Å². The van der Waals surface area contributed by atoms with Gasteiger partial charge in [0.1, 0.15) is 11.6 Å². The number of hydrogen-bond donors (Lipinski definition) is 1. The molecule has 0 aliphatic carbocycles. The van der Waals surface area contributed by atoms with Crippen LogP contribution in [0.15, 0.2) is 48.5 Å². The summed E-state index contributed by atoms with van der Waals surface area (Å²) in [7, 11) is 0. The first-order valence-electron chi connectivity index (χ1n) is 7.21. The lowest BCUT2D eigenvalue weighted by Gasteiger charge is -2.19. The van der Waals surface area contributed by atoms with Crippen LogP contribution in [0.25, 0.3) is 0 Å². The highest BCUT2D eigenvalue weighted by molar-refractivity contribution is 5.73. The Morgan fingerprint density at radius 2 is 1.77 bits per heavy atom. The van der Waals surface area contributed by atoms with Crippen molar-refractivity contribution in [3.63, 3.8) is 0 Å². The second-order valence-electron chi connectivity index (χ2n) is 5.43. The zero-order chi connectivity index (χ0) is 16.1. The van der Waals surface area contributed by atoms with Crippen LogP contribution in [0, 0.1) is 5.82 Å². The highest BCUT2D eigenvalue weighted by Gasteiger charge is 2.23. The minimum Gasteiger partial charge on any atom is -0.478 e. The van der Waals surface area contributed by atoms with Crippen molar-refractivity contribution in [2.45, 2.75) is 32.3 Å². The Labute approximate surface area is 129 Å². The molecule has 0 amide bonds.